The SMILES string of the molecule is Oc1cc(/C=N/NC#SNc2ccccc2)ccc1Oc1ccccc1. The number of phenols is 1. The summed E-state index contributed by atoms with van der Waals surface area (Å²) in [6, 6.07) is 24.2. The summed E-state index contributed by atoms with van der Waals surface area (Å²) in [5.41, 5.74) is 4.40. The minimum atomic E-state index is 0.0471. The first kappa shape index (κ1) is 17.4. The first-order chi connectivity index (χ1) is 12.8. The summed E-state index contributed by atoms with van der Waals surface area (Å²) < 4.78 is 8.73. The van der Waals surface area contributed by atoms with Crippen molar-refractivity contribution in [2.45, 2.75) is 0 Å². The molecule has 3 aromatic rings. The number of nitrogens with zero attached hydrogens (tertiary/aromatic N) is 1. The number of benzene rings is 3. The van der Waals surface area contributed by atoms with E-state index in [1.165, 1.54) is 11.4 Å². The molecule has 0 spiro atoms. The van der Waals surface area contributed by atoms with Crippen LogP contribution in [-0.4, -0.2) is 11.3 Å². The molecule has 0 heterocycles. The Balaban J connectivity index is 1.54. The molecule has 26 heavy (non-hydrogen) atoms. The number of aromatic hydroxyl groups is 1. The molecular weight excluding hydrogens is 346 g/mol. The minimum absolute atomic E-state index is 0.0471. The van der Waals surface area contributed by atoms with Gasteiger partial charge in [0.1, 0.15) is 5.75 Å². The summed E-state index contributed by atoms with van der Waals surface area (Å²) >= 11 is 1.25. The topological polar surface area (TPSA) is 65.9 Å². The van der Waals surface area contributed by atoms with Gasteiger partial charge in [0, 0.05) is 17.0 Å². The highest BCUT2D eigenvalue weighted by atomic mass is 32.1. The zero-order chi connectivity index (χ0) is 18.0. The number of anilines is 1. The normalized spacial score (nSPS) is 10.2. The fourth-order valence-corrected chi connectivity index (χ4v) is 2.47. The zero-order valence-corrected chi connectivity index (χ0v) is 14.6. The fraction of sp³-hybridized carbons (Fsp3) is 0. The molecule has 0 aromatic heterocycles. The van der Waals surface area contributed by atoms with Gasteiger partial charge in [-0.2, -0.15) is 5.10 Å². The number of nitrogens with one attached hydrogen (secondary N) is 2. The van der Waals surface area contributed by atoms with Gasteiger partial charge in [0.15, 0.2) is 11.5 Å². The molecular formula is C20H17N3O2S. The average Bonchev–Trinajstić information content (AvgIpc) is 2.68. The molecule has 0 fully saturated rings. The molecule has 6 heteroatoms. The van der Waals surface area contributed by atoms with E-state index in [0.29, 0.717) is 11.5 Å². The van der Waals surface area contributed by atoms with Gasteiger partial charge < -0.3 is 14.6 Å². The Bertz CT molecular complexity index is 936. The molecule has 3 aromatic carbocycles. The van der Waals surface area contributed by atoms with Crippen molar-refractivity contribution in [1.29, 1.82) is 0 Å². The molecule has 3 N–H and O–H groups in total. The summed E-state index contributed by atoms with van der Waals surface area (Å²) in [6.45, 7) is 0. The largest absolute Gasteiger partial charge is 0.504 e. The molecule has 0 bridgehead atoms. The Labute approximate surface area is 155 Å². The molecule has 0 radical (unpaired) electrons. The van der Waals surface area contributed by atoms with E-state index < -0.39 is 0 Å². The van der Waals surface area contributed by atoms with Gasteiger partial charge in [-0.15, -0.1) is 0 Å². The van der Waals surface area contributed by atoms with E-state index in [-0.39, 0.29) is 5.75 Å². The number of para-hydroxylation sites is 2. The molecule has 130 valence electrons. The van der Waals surface area contributed by atoms with Crippen molar-refractivity contribution >= 4 is 23.3 Å². The number of phenolic OH excluding ortho intramolecular Hbond substituents is 1. The number of hydrazone groups is 1. The third-order valence-corrected chi connectivity index (χ3v) is 3.80. The van der Waals surface area contributed by atoms with Crippen LogP contribution >= 0.6 is 11.4 Å². The van der Waals surface area contributed by atoms with Crippen molar-refractivity contribution in [3.8, 4) is 22.6 Å². The van der Waals surface area contributed by atoms with Gasteiger partial charge in [-0.3, -0.25) is 0 Å². The first-order valence-corrected chi connectivity index (χ1v) is 8.69. The van der Waals surface area contributed by atoms with Crippen molar-refractivity contribution in [2.24, 2.45) is 5.10 Å². The van der Waals surface area contributed by atoms with Crippen LogP contribution in [0.25, 0.3) is 0 Å². The highest BCUT2D eigenvalue weighted by Crippen LogP contribution is 2.30. The molecule has 0 amide bonds. The Morgan fingerprint density at radius 2 is 1.69 bits per heavy atom. The standard InChI is InChI=1S/C20H17N3O2S/c24-19-13-16(11-12-20(19)25-18-9-5-2-6-10-18)14-21-22-15-26-23-17-7-3-1-4-8-17/h1-14,22-24H/b21-14+. The second kappa shape index (κ2) is 9.13. The predicted molar refractivity (Wildman–Crippen MR) is 107 cm³/mol. The molecule has 0 aliphatic rings. The number of hydrogen-bond acceptors (Lipinski definition) is 5. The molecule has 0 unspecified atom stereocenters. The minimum Gasteiger partial charge on any atom is -0.504 e. The van der Waals surface area contributed by atoms with Crippen LogP contribution in [0.4, 0.5) is 5.69 Å². The van der Waals surface area contributed by atoms with Crippen LogP contribution in [0, 0.1) is 5.31 Å². The molecule has 0 saturated carbocycles. The maximum absolute atomic E-state index is 10.1. The summed E-state index contributed by atoms with van der Waals surface area (Å²) in [6.07, 6.45) is 1.59. The molecule has 0 saturated heterocycles. The molecule has 0 aliphatic heterocycles. The molecule has 5 nitrogen and oxygen atoms in total. The summed E-state index contributed by atoms with van der Waals surface area (Å²) in [7, 11) is 0. The Morgan fingerprint density at radius 1 is 0.962 bits per heavy atom. The first-order valence-electron chi connectivity index (χ1n) is 7.87. The summed E-state index contributed by atoms with van der Waals surface area (Å²) in [4.78, 5) is 0. The van der Waals surface area contributed by atoms with Crippen LogP contribution in [0.2, 0.25) is 0 Å². The van der Waals surface area contributed by atoms with E-state index in [2.05, 4.69) is 20.6 Å². The van der Waals surface area contributed by atoms with Crippen molar-refractivity contribution < 1.29 is 9.84 Å². The second-order valence-electron chi connectivity index (χ2n) is 5.18. The highest BCUT2D eigenvalue weighted by Gasteiger charge is 2.04. The second-order valence-corrected chi connectivity index (χ2v) is 5.80. The molecule has 0 atom stereocenters. The molecule has 3 rings (SSSR count). The predicted octanol–water partition coefficient (Wildman–Crippen LogP) is 4.79. The third-order valence-electron chi connectivity index (χ3n) is 3.27. The Morgan fingerprint density at radius 3 is 2.42 bits per heavy atom. The average molecular weight is 363 g/mol. The quantitative estimate of drug-likeness (QED) is 0.264. The monoisotopic (exact) mass is 363 g/mol. The lowest BCUT2D eigenvalue weighted by Crippen LogP contribution is -1.95. The lowest BCUT2D eigenvalue weighted by atomic mass is 10.2. The van der Waals surface area contributed by atoms with Crippen LogP contribution < -0.4 is 14.9 Å². The van der Waals surface area contributed by atoms with Crippen LogP contribution in [0.5, 0.6) is 17.2 Å². The smallest absolute Gasteiger partial charge is 0.169 e. The number of hydrogen-bond donors (Lipinski definition) is 3. The van der Waals surface area contributed by atoms with Crippen LogP contribution in [0.3, 0.4) is 0 Å². The number of rotatable bonds is 5. The lowest BCUT2D eigenvalue weighted by molar-refractivity contribution is 0.411. The van der Waals surface area contributed by atoms with E-state index >= 15 is 0 Å². The third kappa shape index (κ3) is 5.27. The maximum Gasteiger partial charge on any atom is 0.169 e. The van der Waals surface area contributed by atoms with Gasteiger partial charge in [0.05, 0.1) is 11.5 Å². The van der Waals surface area contributed by atoms with Gasteiger partial charge in [0.25, 0.3) is 0 Å². The maximum atomic E-state index is 10.1. The van der Waals surface area contributed by atoms with Gasteiger partial charge in [-0.25, -0.2) is 5.43 Å². The van der Waals surface area contributed by atoms with E-state index in [1.54, 1.807) is 24.4 Å². The molecule has 0 aliphatic carbocycles. The van der Waals surface area contributed by atoms with E-state index in [0.717, 1.165) is 11.3 Å². The van der Waals surface area contributed by atoms with Crippen molar-refractivity contribution in [3.05, 3.63) is 84.4 Å². The van der Waals surface area contributed by atoms with Crippen LogP contribution in [0.15, 0.2) is 84.0 Å². The van der Waals surface area contributed by atoms with Gasteiger partial charge in [-0.1, -0.05) is 36.4 Å². The van der Waals surface area contributed by atoms with Crippen LogP contribution in [0.1, 0.15) is 5.56 Å². The van der Waals surface area contributed by atoms with E-state index in [4.69, 9.17) is 4.74 Å². The Hall–Kier alpha value is -3.47. The van der Waals surface area contributed by atoms with Crippen molar-refractivity contribution in [2.75, 3.05) is 4.72 Å². The van der Waals surface area contributed by atoms with E-state index in [9.17, 15) is 5.11 Å². The van der Waals surface area contributed by atoms with Crippen molar-refractivity contribution in [3.63, 3.8) is 0 Å². The van der Waals surface area contributed by atoms with Gasteiger partial charge >= 0.3 is 0 Å². The number of ether oxygens (including phenoxy) is 1. The summed E-state index contributed by atoms with van der Waals surface area (Å²) in [5.74, 6) is 1.10. The lowest BCUT2D eigenvalue weighted by Gasteiger charge is -2.07. The van der Waals surface area contributed by atoms with Crippen molar-refractivity contribution in [1.82, 2.24) is 5.43 Å². The fourth-order valence-electron chi connectivity index (χ4n) is 2.06. The Kier molecular flexibility index (Phi) is 6.09. The highest BCUT2D eigenvalue weighted by molar-refractivity contribution is 7.90. The summed E-state index contributed by atoms with van der Waals surface area (Å²) in [5, 5.41) is 16.9. The van der Waals surface area contributed by atoms with E-state index in [1.807, 2.05) is 60.7 Å². The van der Waals surface area contributed by atoms with Gasteiger partial charge in [-0.05, 0) is 48.0 Å². The van der Waals surface area contributed by atoms with Crippen LogP contribution in [-0.2, 0) is 0 Å². The van der Waals surface area contributed by atoms with Gasteiger partial charge in [0.2, 0.25) is 0 Å². The zero-order valence-electron chi connectivity index (χ0n) is 13.8.